The molecule has 3 aromatic rings. The predicted molar refractivity (Wildman–Crippen MR) is 97.5 cm³/mol. The molecule has 132 valence electrons. The number of nitro groups is 1. The van der Waals surface area contributed by atoms with Crippen molar-refractivity contribution in [1.82, 2.24) is 9.88 Å². The van der Waals surface area contributed by atoms with Crippen molar-refractivity contribution in [3.63, 3.8) is 0 Å². The molecule has 1 aliphatic rings. The van der Waals surface area contributed by atoms with E-state index < -0.39 is 4.92 Å². The van der Waals surface area contributed by atoms with Gasteiger partial charge in [-0.05, 0) is 45.6 Å². The lowest BCUT2D eigenvalue weighted by Gasteiger charge is -2.29. The SMILES string of the molecule is O=C(c1c[nH]c2cc([N+](=O)[O-])ccc12)N1CCc2ccc(F)c(Br)c2C1. The van der Waals surface area contributed by atoms with Crippen molar-refractivity contribution in [2.24, 2.45) is 0 Å². The van der Waals surface area contributed by atoms with E-state index in [0.29, 0.717) is 40.4 Å². The van der Waals surface area contributed by atoms with Crippen LogP contribution < -0.4 is 0 Å². The number of hydrogen-bond donors (Lipinski definition) is 1. The summed E-state index contributed by atoms with van der Waals surface area (Å²) in [5.41, 5.74) is 2.75. The zero-order chi connectivity index (χ0) is 18.4. The molecule has 1 N–H and O–H groups in total. The minimum absolute atomic E-state index is 0.0374. The molecule has 2 heterocycles. The van der Waals surface area contributed by atoms with Crippen molar-refractivity contribution in [3.05, 3.63) is 73.6 Å². The van der Waals surface area contributed by atoms with E-state index in [9.17, 15) is 19.3 Å². The Morgan fingerprint density at radius 1 is 1.31 bits per heavy atom. The minimum Gasteiger partial charge on any atom is -0.360 e. The highest BCUT2D eigenvalue weighted by Gasteiger charge is 2.26. The van der Waals surface area contributed by atoms with Crippen molar-refractivity contribution in [2.45, 2.75) is 13.0 Å². The van der Waals surface area contributed by atoms with Gasteiger partial charge in [0.05, 0.1) is 20.5 Å². The lowest BCUT2D eigenvalue weighted by molar-refractivity contribution is -0.384. The first-order chi connectivity index (χ1) is 12.5. The van der Waals surface area contributed by atoms with Crippen LogP contribution in [0.5, 0.6) is 0 Å². The Hall–Kier alpha value is -2.74. The van der Waals surface area contributed by atoms with Crippen LogP contribution in [-0.2, 0) is 13.0 Å². The summed E-state index contributed by atoms with van der Waals surface area (Å²) in [6.45, 7) is 0.843. The quantitative estimate of drug-likeness (QED) is 0.501. The van der Waals surface area contributed by atoms with Gasteiger partial charge in [0.25, 0.3) is 11.6 Å². The van der Waals surface area contributed by atoms with E-state index in [1.54, 1.807) is 23.2 Å². The van der Waals surface area contributed by atoms with Crippen LogP contribution in [0.15, 0.2) is 41.0 Å². The maximum Gasteiger partial charge on any atom is 0.271 e. The van der Waals surface area contributed by atoms with E-state index in [1.807, 2.05) is 0 Å². The second-order valence-electron chi connectivity index (χ2n) is 6.17. The molecular weight excluding hydrogens is 405 g/mol. The number of hydrogen-bond acceptors (Lipinski definition) is 3. The number of aromatic amines is 1. The molecule has 0 saturated carbocycles. The highest BCUT2D eigenvalue weighted by molar-refractivity contribution is 9.10. The maximum atomic E-state index is 13.8. The molecule has 2 aromatic carbocycles. The van der Waals surface area contributed by atoms with Crippen LogP contribution >= 0.6 is 15.9 Å². The van der Waals surface area contributed by atoms with Crippen LogP contribution in [0.2, 0.25) is 0 Å². The number of carbonyl (C=O) groups is 1. The monoisotopic (exact) mass is 417 g/mol. The summed E-state index contributed by atoms with van der Waals surface area (Å²) in [5.74, 6) is -0.538. The average Bonchev–Trinajstić information content (AvgIpc) is 3.07. The number of benzene rings is 2. The Morgan fingerprint density at radius 3 is 2.88 bits per heavy atom. The standard InChI is InChI=1S/C18H13BrFN3O3/c19-17-14-9-22(6-5-10(14)1-4-15(17)20)18(24)13-8-21-16-7-11(23(25)26)2-3-12(13)16/h1-4,7-8,21H,5-6,9H2. The number of nitrogens with one attached hydrogen (secondary N) is 1. The van der Waals surface area contributed by atoms with Crippen molar-refractivity contribution in [2.75, 3.05) is 6.54 Å². The maximum absolute atomic E-state index is 13.8. The van der Waals surface area contributed by atoms with Gasteiger partial charge in [0.15, 0.2) is 0 Å². The number of amides is 1. The molecule has 4 rings (SSSR count). The summed E-state index contributed by atoms with van der Waals surface area (Å²) in [6.07, 6.45) is 2.21. The van der Waals surface area contributed by atoms with Gasteiger partial charge in [0, 0.05) is 36.8 Å². The van der Waals surface area contributed by atoms with E-state index in [2.05, 4.69) is 20.9 Å². The highest BCUT2D eigenvalue weighted by Crippen LogP contribution is 2.31. The lowest BCUT2D eigenvalue weighted by Crippen LogP contribution is -2.36. The van der Waals surface area contributed by atoms with Crippen LogP contribution in [0.25, 0.3) is 10.9 Å². The molecule has 0 atom stereocenters. The zero-order valence-electron chi connectivity index (χ0n) is 13.5. The summed E-state index contributed by atoms with van der Waals surface area (Å²) in [6, 6.07) is 7.54. The van der Waals surface area contributed by atoms with E-state index in [-0.39, 0.29) is 17.4 Å². The number of aromatic nitrogens is 1. The molecule has 26 heavy (non-hydrogen) atoms. The van der Waals surface area contributed by atoms with E-state index in [4.69, 9.17) is 0 Å². The molecule has 6 nitrogen and oxygen atoms in total. The van der Waals surface area contributed by atoms with E-state index in [1.165, 1.54) is 18.2 Å². The van der Waals surface area contributed by atoms with Crippen molar-refractivity contribution in [3.8, 4) is 0 Å². The van der Waals surface area contributed by atoms with Gasteiger partial charge in [-0.15, -0.1) is 0 Å². The summed E-state index contributed by atoms with van der Waals surface area (Å²) in [7, 11) is 0. The fourth-order valence-corrected chi connectivity index (χ4v) is 3.82. The Bertz CT molecular complexity index is 1060. The molecule has 0 fully saturated rings. The summed E-state index contributed by atoms with van der Waals surface area (Å²) in [5, 5.41) is 11.5. The van der Waals surface area contributed by atoms with Crippen molar-refractivity contribution in [1.29, 1.82) is 0 Å². The molecule has 0 saturated heterocycles. The van der Waals surface area contributed by atoms with Gasteiger partial charge in [-0.1, -0.05) is 6.07 Å². The summed E-state index contributed by atoms with van der Waals surface area (Å²) in [4.78, 5) is 28.0. The topological polar surface area (TPSA) is 79.2 Å². The summed E-state index contributed by atoms with van der Waals surface area (Å²) < 4.78 is 14.2. The third-order valence-corrected chi connectivity index (χ3v) is 5.54. The first-order valence-corrected chi connectivity index (χ1v) is 8.75. The third-order valence-electron chi connectivity index (χ3n) is 4.69. The number of halogens is 2. The molecule has 0 radical (unpaired) electrons. The molecule has 1 amide bonds. The molecule has 0 bridgehead atoms. The van der Waals surface area contributed by atoms with Crippen LogP contribution in [0, 0.1) is 15.9 Å². The van der Waals surface area contributed by atoms with Crippen LogP contribution in [0.1, 0.15) is 21.5 Å². The number of rotatable bonds is 2. The third kappa shape index (κ3) is 2.66. The fourth-order valence-electron chi connectivity index (χ4n) is 3.31. The van der Waals surface area contributed by atoms with Gasteiger partial charge < -0.3 is 9.88 Å². The second-order valence-corrected chi connectivity index (χ2v) is 6.96. The minimum atomic E-state index is -0.477. The van der Waals surface area contributed by atoms with Gasteiger partial charge in [-0.2, -0.15) is 0 Å². The van der Waals surface area contributed by atoms with Gasteiger partial charge in [0.1, 0.15) is 5.82 Å². The molecule has 1 aliphatic heterocycles. The molecule has 8 heteroatoms. The van der Waals surface area contributed by atoms with Crippen LogP contribution in [0.4, 0.5) is 10.1 Å². The lowest BCUT2D eigenvalue weighted by atomic mass is 9.99. The highest BCUT2D eigenvalue weighted by atomic mass is 79.9. The number of carbonyl (C=O) groups excluding carboxylic acids is 1. The fraction of sp³-hybridized carbons (Fsp3) is 0.167. The normalized spacial score (nSPS) is 13.7. The predicted octanol–water partition coefficient (Wildman–Crippen LogP) is 4.18. The van der Waals surface area contributed by atoms with Crippen molar-refractivity contribution >= 4 is 38.4 Å². The molecule has 0 unspecified atom stereocenters. The van der Waals surface area contributed by atoms with Crippen LogP contribution in [-0.4, -0.2) is 27.3 Å². The first-order valence-electron chi connectivity index (χ1n) is 7.96. The van der Waals surface area contributed by atoms with E-state index in [0.717, 1.165) is 11.1 Å². The number of non-ortho nitro benzene ring substituents is 1. The van der Waals surface area contributed by atoms with Gasteiger partial charge in [-0.3, -0.25) is 14.9 Å². The Balaban J connectivity index is 1.67. The average molecular weight is 418 g/mol. The second kappa shape index (κ2) is 6.21. The molecular formula is C18H13BrFN3O3. The largest absolute Gasteiger partial charge is 0.360 e. The van der Waals surface area contributed by atoms with Crippen LogP contribution in [0.3, 0.4) is 0 Å². The first kappa shape index (κ1) is 16.7. The Kier molecular flexibility index (Phi) is 3.99. The number of nitro benzene ring substituents is 1. The Labute approximate surface area is 155 Å². The zero-order valence-corrected chi connectivity index (χ0v) is 15.0. The molecule has 0 aliphatic carbocycles. The smallest absolute Gasteiger partial charge is 0.271 e. The van der Waals surface area contributed by atoms with Gasteiger partial charge >= 0.3 is 0 Å². The number of fused-ring (bicyclic) bond motifs is 2. The molecule has 1 aromatic heterocycles. The van der Waals surface area contributed by atoms with Crippen molar-refractivity contribution < 1.29 is 14.1 Å². The number of nitrogens with zero attached hydrogens (tertiary/aromatic N) is 2. The van der Waals surface area contributed by atoms with Gasteiger partial charge in [-0.25, -0.2) is 4.39 Å². The Morgan fingerprint density at radius 2 is 2.12 bits per heavy atom. The van der Waals surface area contributed by atoms with E-state index >= 15 is 0 Å². The number of H-pyrrole nitrogens is 1. The van der Waals surface area contributed by atoms with Gasteiger partial charge in [0.2, 0.25) is 0 Å². The summed E-state index contributed by atoms with van der Waals surface area (Å²) >= 11 is 3.27. The molecule has 0 spiro atoms.